The van der Waals surface area contributed by atoms with Crippen LogP contribution >= 0.6 is 0 Å². The van der Waals surface area contributed by atoms with Crippen LogP contribution in [0.5, 0.6) is 0 Å². The molecule has 2 rings (SSSR count). The molecule has 0 spiro atoms. The fraction of sp³-hybridized carbons (Fsp3) is 0.353. The molecule has 0 unspecified atom stereocenters. The second kappa shape index (κ2) is 7.09. The lowest BCUT2D eigenvalue weighted by atomic mass is 10.1. The van der Waals surface area contributed by atoms with E-state index < -0.39 is 0 Å². The van der Waals surface area contributed by atoms with Crippen LogP contribution in [0.4, 0.5) is 5.82 Å². The van der Waals surface area contributed by atoms with Gasteiger partial charge in [-0.05, 0) is 39.8 Å². The Kier molecular flexibility index (Phi) is 5.16. The van der Waals surface area contributed by atoms with Crippen LogP contribution < -0.4 is 10.6 Å². The highest BCUT2D eigenvalue weighted by molar-refractivity contribution is 5.99. The molecule has 2 N–H and O–H groups in total. The van der Waals surface area contributed by atoms with E-state index in [0.29, 0.717) is 11.4 Å². The van der Waals surface area contributed by atoms with Crippen molar-refractivity contribution in [3.8, 4) is 0 Å². The molecule has 2 aromatic rings. The average molecular weight is 314 g/mol. The molecule has 0 saturated heterocycles. The summed E-state index contributed by atoms with van der Waals surface area (Å²) in [5, 5.41) is 9.53. The number of hydrogen-bond acceptors (Lipinski definition) is 3. The highest BCUT2D eigenvalue weighted by atomic mass is 16.2. The van der Waals surface area contributed by atoms with Crippen LogP contribution in [0.15, 0.2) is 30.5 Å². The van der Waals surface area contributed by atoms with E-state index >= 15 is 0 Å². The van der Waals surface area contributed by atoms with Crippen molar-refractivity contribution in [2.24, 2.45) is 0 Å². The number of nitrogens with zero attached hydrogens (tertiary/aromatic N) is 2. The Labute approximate surface area is 135 Å². The summed E-state index contributed by atoms with van der Waals surface area (Å²) in [6, 6.07) is 7.47. The Morgan fingerprint density at radius 3 is 2.43 bits per heavy atom. The van der Waals surface area contributed by atoms with E-state index in [2.05, 4.69) is 15.7 Å². The number of amides is 2. The number of hydrogen-bond donors (Lipinski definition) is 2. The Morgan fingerprint density at radius 1 is 1.17 bits per heavy atom. The molecule has 2 amide bonds. The third-order valence-corrected chi connectivity index (χ3v) is 3.32. The number of carbonyl (C=O) groups excluding carboxylic acids is 2. The molecule has 122 valence electrons. The van der Waals surface area contributed by atoms with Crippen LogP contribution in [0.25, 0.3) is 0 Å². The van der Waals surface area contributed by atoms with Crippen molar-refractivity contribution in [1.82, 2.24) is 15.1 Å². The summed E-state index contributed by atoms with van der Waals surface area (Å²) < 4.78 is 1.71. The molecule has 0 aliphatic rings. The smallest absolute Gasteiger partial charge is 0.251 e. The topological polar surface area (TPSA) is 76.0 Å². The van der Waals surface area contributed by atoms with E-state index in [1.54, 1.807) is 29.1 Å². The normalized spacial score (nSPS) is 10.7. The average Bonchev–Trinajstić information content (AvgIpc) is 2.92. The Balaban J connectivity index is 1.93. The second-order valence-corrected chi connectivity index (χ2v) is 5.86. The molecule has 0 atom stereocenters. The third kappa shape index (κ3) is 4.42. The van der Waals surface area contributed by atoms with Gasteiger partial charge >= 0.3 is 0 Å². The van der Waals surface area contributed by atoms with E-state index in [1.165, 1.54) is 0 Å². The van der Waals surface area contributed by atoms with Gasteiger partial charge in [-0.3, -0.25) is 9.59 Å². The van der Waals surface area contributed by atoms with E-state index in [1.807, 2.05) is 33.8 Å². The summed E-state index contributed by atoms with van der Waals surface area (Å²) >= 11 is 0. The zero-order valence-electron chi connectivity index (χ0n) is 13.9. The summed E-state index contributed by atoms with van der Waals surface area (Å²) in [4.78, 5) is 24.1. The van der Waals surface area contributed by atoms with Gasteiger partial charge in [0.15, 0.2) is 0 Å². The number of carbonyl (C=O) groups is 2. The van der Waals surface area contributed by atoms with Gasteiger partial charge in [-0.25, -0.2) is 4.68 Å². The predicted octanol–water partition coefficient (Wildman–Crippen LogP) is 2.45. The van der Waals surface area contributed by atoms with Gasteiger partial charge in [-0.1, -0.05) is 17.2 Å². The second-order valence-electron chi connectivity index (χ2n) is 5.86. The zero-order chi connectivity index (χ0) is 17.0. The Bertz CT molecular complexity index is 699. The molecule has 0 bridgehead atoms. The number of aromatic nitrogens is 2. The lowest BCUT2D eigenvalue weighted by Crippen LogP contribution is -2.33. The van der Waals surface area contributed by atoms with Gasteiger partial charge in [0.2, 0.25) is 5.91 Å². The lowest BCUT2D eigenvalue weighted by molar-refractivity contribution is -0.115. The van der Waals surface area contributed by atoms with Crippen LogP contribution in [0.1, 0.15) is 41.4 Å². The van der Waals surface area contributed by atoms with Crippen LogP contribution in [0.2, 0.25) is 0 Å². The van der Waals surface area contributed by atoms with Crippen LogP contribution in [-0.2, 0) is 4.79 Å². The third-order valence-electron chi connectivity index (χ3n) is 3.32. The fourth-order valence-corrected chi connectivity index (χ4v) is 2.38. The van der Waals surface area contributed by atoms with Crippen molar-refractivity contribution in [2.45, 2.75) is 33.7 Å². The molecule has 0 saturated carbocycles. The summed E-state index contributed by atoms with van der Waals surface area (Å²) in [5.41, 5.74) is 2.59. The molecular weight excluding hydrogens is 292 g/mol. The largest absolute Gasteiger partial charge is 0.343 e. The summed E-state index contributed by atoms with van der Waals surface area (Å²) in [6.45, 7) is 7.73. The molecule has 1 aromatic heterocycles. The minimum Gasteiger partial charge on any atom is -0.343 e. The van der Waals surface area contributed by atoms with E-state index in [-0.39, 0.29) is 24.4 Å². The van der Waals surface area contributed by atoms with Crippen molar-refractivity contribution < 1.29 is 9.59 Å². The molecule has 0 radical (unpaired) electrons. The summed E-state index contributed by atoms with van der Waals surface area (Å²) in [7, 11) is 0. The minimum absolute atomic E-state index is 0.0882. The maximum atomic E-state index is 12.1. The van der Waals surface area contributed by atoms with Gasteiger partial charge in [-0.15, -0.1) is 0 Å². The molecule has 6 heteroatoms. The monoisotopic (exact) mass is 314 g/mol. The van der Waals surface area contributed by atoms with Crippen LogP contribution in [-0.4, -0.2) is 28.1 Å². The number of aryl methyl sites for hydroxylation is 2. The molecular formula is C17H22N4O2. The van der Waals surface area contributed by atoms with E-state index in [9.17, 15) is 9.59 Å². The van der Waals surface area contributed by atoms with Crippen molar-refractivity contribution in [3.63, 3.8) is 0 Å². The van der Waals surface area contributed by atoms with Crippen molar-refractivity contribution >= 4 is 17.6 Å². The Hall–Kier alpha value is -2.63. The van der Waals surface area contributed by atoms with Gasteiger partial charge in [0.25, 0.3) is 5.91 Å². The number of anilines is 1. The fourth-order valence-electron chi connectivity index (χ4n) is 2.38. The molecule has 6 nitrogen and oxygen atoms in total. The van der Waals surface area contributed by atoms with Gasteiger partial charge in [0, 0.05) is 17.7 Å². The van der Waals surface area contributed by atoms with Gasteiger partial charge < -0.3 is 10.6 Å². The molecule has 23 heavy (non-hydrogen) atoms. The van der Waals surface area contributed by atoms with Gasteiger partial charge in [0.1, 0.15) is 5.82 Å². The number of benzene rings is 1. The van der Waals surface area contributed by atoms with E-state index in [0.717, 1.165) is 11.1 Å². The summed E-state index contributed by atoms with van der Waals surface area (Å²) in [6.07, 6.45) is 1.63. The first-order valence-electron chi connectivity index (χ1n) is 7.56. The standard InChI is InChI=1S/C17H22N4O2/c1-11(2)21-15(5-6-19-21)20-16(22)10-18-17(23)14-8-12(3)7-13(4)9-14/h5-9,11H,10H2,1-4H3,(H,18,23)(H,20,22). The molecule has 0 aliphatic heterocycles. The molecule has 0 aliphatic carbocycles. The lowest BCUT2D eigenvalue weighted by Gasteiger charge is -2.12. The SMILES string of the molecule is Cc1cc(C)cc(C(=O)NCC(=O)Nc2ccnn2C(C)C)c1. The quantitative estimate of drug-likeness (QED) is 0.890. The summed E-state index contributed by atoms with van der Waals surface area (Å²) in [5.74, 6) is 0.0695. The molecule has 1 heterocycles. The van der Waals surface area contributed by atoms with Crippen molar-refractivity contribution in [2.75, 3.05) is 11.9 Å². The number of nitrogens with one attached hydrogen (secondary N) is 2. The van der Waals surface area contributed by atoms with Gasteiger partial charge in [-0.2, -0.15) is 5.10 Å². The maximum absolute atomic E-state index is 12.1. The minimum atomic E-state index is -0.287. The predicted molar refractivity (Wildman–Crippen MR) is 89.5 cm³/mol. The highest BCUT2D eigenvalue weighted by Crippen LogP contribution is 2.12. The first-order chi connectivity index (χ1) is 10.9. The van der Waals surface area contributed by atoms with Crippen LogP contribution in [0, 0.1) is 13.8 Å². The first-order valence-corrected chi connectivity index (χ1v) is 7.56. The molecule has 1 aromatic carbocycles. The Morgan fingerprint density at radius 2 is 1.83 bits per heavy atom. The zero-order valence-corrected chi connectivity index (χ0v) is 13.9. The maximum Gasteiger partial charge on any atom is 0.251 e. The van der Waals surface area contributed by atoms with Crippen LogP contribution in [0.3, 0.4) is 0 Å². The first kappa shape index (κ1) is 16.7. The highest BCUT2D eigenvalue weighted by Gasteiger charge is 2.12. The number of rotatable bonds is 5. The molecule has 0 fully saturated rings. The van der Waals surface area contributed by atoms with Gasteiger partial charge in [0.05, 0.1) is 12.7 Å². The van der Waals surface area contributed by atoms with Crippen molar-refractivity contribution in [3.05, 3.63) is 47.2 Å². The van der Waals surface area contributed by atoms with Crippen molar-refractivity contribution in [1.29, 1.82) is 0 Å². The van der Waals surface area contributed by atoms with E-state index in [4.69, 9.17) is 0 Å².